The molecule has 0 aliphatic carbocycles. The summed E-state index contributed by atoms with van der Waals surface area (Å²) in [5.74, 6) is 1.67. The van der Waals surface area contributed by atoms with Gasteiger partial charge in [0.2, 0.25) is 11.8 Å². The van der Waals surface area contributed by atoms with Gasteiger partial charge >= 0.3 is 0 Å². The quantitative estimate of drug-likeness (QED) is 0.648. The molecule has 6 nitrogen and oxygen atoms in total. The minimum atomic E-state index is 0.242. The Morgan fingerprint density at radius 1 is 0.920 bits per heavy atom. The summed E-state index contributed by atoms with van der Waals surface area (Å²) in [7, 11) is 3.11. The lowest BCUT2D eigenvalue weighted by atomic mass is 10.2. The normalized spacial score (nSPS) is 10.3. The highest BCUT2D eigenvalue weighted by atomic mass is 32.2. The molecule has 0 atom stereocenters. The topological polar surface area (TPSA) is 76.5 Å². The van der Waals surface area contributed by atoms with Gasteiger partial charge in [0.15, 0.2) is 5.82 Å². The fourth-order valence-electron chi connectivity index (χ4n) is 2.09. The maximum atomic E-state index is 9.48. The third-order valence-electron chi connectivity index (χ3n) is 3.34. The third-order valence-corrected chi connectivity index (χ3v) is 4.17. The van der Waals surface area contributed by atoms with Gasteiger partial charge in [0.05, 0.1) is 20.3 Å². The summed E-state index contributed by atoms with van der Waals surface area (Å²) < 4.78 is 13.6. The Morgan fingerprint density at radius 2 is 1.60 bits per heavy atom. The molecule has 0 spiro atoms. The molecule has 0 radical (unpaired) electrons. The van der Waals surface area contributed by atoms with Crippen molar-refractivity contribution in [3.63, 3.8) is 0 Å². The van der Waals surface area contributed by atoms with E-state index in [-0.39, 0.29) is 5.75 Å². The van der Waals surface area contributed by atoms with Crippen molar-refractivity contribution in [2.45, 2.75) is 4.90 Å². The van der Waals surface area contributed by atoms with Crippen molar-refractivity contribution in [3.05, 3.63) is 54.6 Å². The Bertz CT molecular complexity index is 834. The Labute approximate surface area is 150 Å². The van der Waals surface area contributed by atoms with Crippen molar-refractivity contribution in [1.29, 1.82) is 0 Å². The number of aromatic nitrogens is 2. The smallest absolute Gasteiger partial charge is 0.220 e. The maximum Gasteiger partial charge on any atom is 0.220 e. The van der Waals surface area contributed by atoms with Crippen LogP contribution in [0.2, 0.25) is 0 Å². The Kier molecular flexibility index (Phi) is 5.25. The van der Waals surface area contributed by atoms with Gasteiger partial charge in [0.25, 0.3) is 0 Å². The standard InChI is InChI=1S/C18H17N3O3S/c1-23-16-11-17(24-2)20-18(19-16)12-6-8-13(9-7-12)21-25-15-5-3-4-14(22)10-15/h3-11,21-22H,1-2H3. The average molecular weight is 355 g/mol. The van der Waals surface area contributed by atoms with Crippen LogP contribution >= 0.6 is 11.9 Å². The first kappa shape index (κ1) is 16.9. The fraction of sp³-hybridized carbons (Fsp3) is 0.111. The van der Waals surface area contributed by atoms with Crippen molar-refractivity contribution in [2.75, 3.05) is 18.9 Å². The number of anilines is 1. The van der Waals surface area contributed by atoms with Crippen LogP contribution in [0.3, 0.4) is 0 Å². The zero-order valence-corrected chi connectivity index (χ0v) is 14.6. The number of methoxy groups -OCH3 is 2. The predicted molar refractivity (Wildman–Crippen MR) is 98.2 cm³/mol. The first-order chi connectivity index (χ1) is 12.2. The van der Waals surface area contributed by atoms with Crippen LogP contribution in [0, 0.1) is 0 Å². The maximum absolute atomic E-state index is 9.48. The van der Waals surface area contributed by atoms with E-state index >= 15 is 0 Å². The molecule has 0 aliphatic rings. The number of phenolic OH excluding ortho intramolecular Hbond substituents is 1. The first-order valence-corrected chi connectivity index (χ1v) is 8.29. The van der Waals surface area contributed by atoms with Gasteiger partial charge in [0, 0.05) is 16.1 Å². The molecule has 1 aromatic heterocycles. The molecule has 0 amide bonds. The highest BCUT2D eigenvalue weighted by Crippen LogP contribution is 2.27. The number of aromatic hydroxyl groups is 1. The van der Waals surface area contributed by atoms with Crippen molar-refractivity contribution in [2.24, 2.45) is 0 Å². The molecule has 0 saturated heterocycles. The van der Waals surface area contributed by atoms with E-state index in [1.807, 2.05) is 30.3 Å². The lowest BCUT2D eigenvalue weighted by Crippen LogP contribution is -1.97. The lowest BCUT2D eigenvalue weighted by molar-refractivity contribution is 0.372. The van der Waals surface area contributed by atoms with Crippen LogP contribution < -0.4 is 14.2 Å². The van der Waals surface area contributed by atoms with Crippen LogP contribution in [0.1, 0.15) is 0 Å². The van der Waals surface area contributed by atoms with Crippen LogP contribution in [-0.4, -0.2) is 29.3 Å². The van der Waals surface area contributed by atoms with E-state index in [0.717, 1.165) is 16.1 Å². The highest BCUT2D eigenvalue weighted by Gasteiger charge is 2.08. The minimum Gasteiger partial charge on any atom is -0.508 e. The Morgan fingerprint density at radius 3 is 2.20 bits per heavy atom. The molecular weight excluding hydrogens is 338 g/mol. The van der Waals surface area contributed by atoms with Gasteiger partial charge < -0.3 is 19.3 Å². The second kappa shape index (κ2) is 7.76. The molecule has 0 bridgehead atoms. The van der Waals surface area contributed by atoms with Gasteiger partial charge in [-0.15, -0.1) is 0 Å². The average Bonchev–Trinajstić information content (AvgIpc) is 2.66. The van der Waals surface area contributed by atoms with Crippen molar-refractivity contribution in [1.82, 2.24) is 9.97 Å². The van der Waals surface area contributed by atoms with Crippen LogP contribution in [0.4, 0.5) is 5.69 Å². The summed E-state index contributed by atoms with van der Waals surface area (Å²) in [4.78, 5) is 9.59. The van der Waals surface area contributed by atoms with Crippen molar-refractivity contribution < 1.29 is 14.6 Å². The summed E-state index contributed by atoms with van der Waals surface area (Å²) in [5.41, 5.74) is 1.78. The van der Waals surface area contributed by atoms with E-state index < -0.39 is 0 Å². The van der Waals surface area contributed by atoms with Crippen molar-refractivity contribution >= 4 is 17.6 Å². The van der Waals surface area contributed by atoms with Crippen LogP contribution in [0.25, 0.3) is 11.4 Å². The molecule has 0 aliphatic heterocycles. The van der Waals surface area contributed by atoms with E-state index in [9.17, 15) is 5.11 Å². The van der Waals surface area contributed by atoms with Crippen LogP contribution in [-0.2, 0) is 0 Å². The summed E-state index contributed by atoms with van der Waals surface area (Å²) in [5, 5.41) is 9.48. The zero-order valence-electron chi connectivity index (χ0n) is 13.8. The van der Waals surface area contributed by atoms with Crippen LogP contribution in [0.15, 0.2) is 59.5 Å². The van der Waals surface area contributed by atoms with Crippen molar-refractivity contribution in [3.8, 4) is 28.9 Å². The molecule has 0 fully saturated rings. The number of hydrogen-bond acceptors (Lipinski definition) is 7. The number of rotatable bonds is 6. The molecule has 0 saturated carbocycles. The first-order valence-electron chi connectivity index (χ1n) is 7.47. The fourth-order valence-corrected chi connectivity index (χ4v) is 2.79. The van der Waals surface area contributed by atoms with E-state index in [1.54, 1.807) is 38.5 Å². The Hall–Kier alpha value is -2.93. The molecule has 25 heavy (non-hydrogen) atoms. The summed E-state index contributed by atoms with van der Waals surface area (Å²) in [6.45, 7) is 0. The molecule has 128 valence electrons. The van der Waals surface area contributed by atoms with Gasteiger partial charge in [-0.3, -0.25) is 0 Å². The Balaban J connectivity index is 1.74. The molecule has 2 aromatic carbocycles. The van der Waals surface area contributed by atoms with E-state index in [1.165, 1.54) is 11.9 Å². The number of benzene rings is 2. The molecule has 3 rings (SSSR count). The summed E-state index contributed by atoms with van der Waals surface area (Å²) >= 11 is 1.42. The molecular formula is C18H17N3O3S. The lowest BCUT2D eigenvalue weighted by Gasteiger charge is -2.08. The minimum absolute atomic E-state index is 0.242. The largest absolute Gasteiger partial charge is 0.508 e. The molecule has 0 unspecified atom stereocenters. The molecule has 1 heterocycles. The van der Waals surface area contributed by atoms with Gasteiger partial charge in [-0.2, -0.15) is 9.97 Å². The monoisotopic (exact) mass is 355 g/mol. The highest BCUT2D eigenvalue weighted by molar-refractivity contribution is 8.00. The molecule has 2 N–H and O–H groups in total. The third kappa shape index (κ3) is 4.33. The number of phenols is 1. The summed E-state index contributed by atoms with van der Waals surface area (Å²) in [6, 6.07) is 16.4. The van der Waals surface area contributed by atoms with E-state index in [2.05, 4.69) is 14.7 Å². The zero-order chi connectivity index (χ0) is 17.6. The van der Waals surface area contributed by atoms with E-state index in [0.29, 0.717) is 17.6 Å². The predicted octanol–water partition coefficient (Wildman–Crippen LogP) is 3.99. The number of nitrogens with one attached hydrogen (secondary N) is 1. The van der Waals surface area contributed by atoms with Gasteiger partial charge in [0.1, 0.15) is 5.75 Å². The number of ether oxygens (including phenoxy) is 2. The second-order valence-corrected chi connectivity index (χ2v) is 5.93. The van der Waals surface area contributed by atoms with E-state index in [4.69, 9.17) is 9.47 Å². The molecule has 3 aromatic rings. The van der Waals surface area contributed by atoms with Gasteiger partial charge in [-0.05, 0) is 54.4 Å². The molecule has 7 heteroatoms. The van der Waals surface area contributed by atoms with Crippen LogP contribution in [0.5, 0.6) is 17.5 Å². The summed E-state index contributed by atoms with van der Waals surface area (Å²) in [6.07, 6.45) is 0. The number of nitrogens with zero attached hydrogens (tertiary/aromatic N) is 2. The SMILES string of the molecule is COc1cc(OC)nc(-c2ccc(NSc3cccc(O)c3)cc2)n1. The van der Waals surface area contributed by atoms with Gasteiger partial charge in [-0.1, -0.05) is 6.07 Å². The second-order valence-electron chi connectivity index (χ2n) is 5.06. The number of hydrogen-bond donors (Lipinski definition) is 2. The van der Waals surface area contributed by atoms with Gasteiger partial charge in [-0.25, -0.2) is 0 Å².